The van der Waals surface area contributed by atoms with Crippen molar-refractivity contribution in [3.8, 4) is 0 Å². The van der Waals surface area contributed by atoms with Crippen LogP contribution in [0, 0.1) is 0 Å². The molecule has 1 unspecified atom stereocenters. The van der Waals surface area contributed by atoms with E-state index >= 15 is 0 Å². The molecule has 0 bridgehead atoms. The summed E-state index contributed by atoms with van der Waals surface area (Å²) in [5, 5.41) is 5.53. The topological polar surface area (TPSA) is 125 Å². The number of carbonyl (C=O) groups is 3. The summed E-state index contributed by atoms with van der Waals surface area (Å²) in [4.78, 5) is 39.0. The number of anilines is 1. The van der Waals surface area contributed by atoms with Crippen LogP contribution in [0.2, 0.25) is 0 Å². The van der Waals surface area contributed by atoms with Gasteiger partial charge in [-0.25, -0.2) is 17.9 Å². The SMILES string of the molecule is CCC(C=O)(c1cccc(S(=O)(=O)NC(=O)NC2CCCCC2)c1)N1CNC(=O)c2ccccc21. The van der Waals surface area contributed by atoms with Crippen LogP contribution >= 0.6 is 0 Å². The lowest BCUT2D eigenvalue weighted by atomic mass is 9.85. The predicted octanol–water partition coefficient (Wildman–Crippen LogP) is 3.02. The average molecular weight is 499 g/mol. The maximum atomic E-state index is 13.0. The van der Waals surface area contributed by atoms with Gasteiger partial charge in [-0.15, -0.1) is 0 Å². The smallest absolute Gasteiger partial charge is 0.328 e. The fourth-order valence-electron chi connectivity index (χ4n) is 4.93. The Balaban J connectivity index is 1.64. The van der Waals surface area contributed by atoms with E-state index in [0.717, 1.165) is 38.4 Å². The molecule has 1 atom stereocenters. The summed E-state index contributed by atoms with van der Waals surface area (Å²) in [7, 11) is -4.18. The van der Waals surface area contributed by atoms with E-state index in [4.69, 9.17) is 0 Å². The summed E-state index contributed by atoms with van der Waals surface area (Å²) in [5.74, 6) is -0.239. The highest BCUT2D eigenvalue weighted by Crippen LogP contribution is 2.38. The fourth-order valence-corrected chi connectivity index (χ4v) is 5.89. The molecule has 9 nitrogen and oxygen atoms in total. The highest BCUT2D eigenvalue weighted by Gasteiger charge is 2.41. The summed E-state index contributed by atoms with van der Waals surface area (Å²) < 4.78 is 28.2. The molecule has 2 aromatic carbocycles. The lowest BCUT2D eigenvalue weighted by Crippen LogP contribution is -2.55. The largest absolute Gasteiger partial charge is 0.337 e. The first kappa shape index (κ1) is 24.7. The van der Waals surface area contributed by atoms with Crippen molar-refractivity contribution in [1.82, 2.24) is 15.4 Å². The summed E-state index contributed by atoms with van der Waals surface area (Å²) in [6, 6.07) is 12.2. The second-order valence-corrected chi connectivity index (χ2v) is 10.6. The summed E-state index contributed by atoms with van der Waals surface area (Å²) in [5.41, 5.74) is 0.225. The molecule has 1 fully saturated rings. The zero-order valence-electron chi connectivity index (χ0n) is 19.6. The molecule has 10 heteroatoms. The number of nitrogens with zero attached hydrogens (tertiary/aromatic N) is 1. The third-order valence-corrected chi connectivity index (χ3v) is 8.19. The average Bonchev–Trinajstić information content (AvgIpc) is 2.87. The third-order valence-electron chi connectivity index (χ3n) is 6.86. The van der Waals surface area contributed by atoms with E-state index in [1.54, 1.807) is 41.3 Å². The molecule has 3 N–H and O–H groups in total. The van der Waals surface area contributed by atoms with Gasteiger partial charge in [0.25, 0.3) is 15.9 Å². The van der Waals surface area contributed by atoms with Gasteiger partial charge in [0.05, 0.1) is 22.8 Å². The maximum Gasteiger partial charge on any atom is 0.328 e. The van der Waals surface area contributed by atoms with E-state index in [9.17, 15) is 22.8 Å². The summed E-state index contributed by atoms with van der Waals surface area (Å²) in [6.07, 6.45) is 5.88. The van der Waals surface area contributed by atoms with Gasteiger partial charge in [-0.05, 0) is 49.1 Å². The van der Waals surface area contributed by atoms with Crippen LogP contribution in [0.5, 0.6) is 0 Å². The van der Waals surface area contributed by atoms with Crippen molar-refractivity contribution in [2.45, 2.75) is 61.9 Å². The number of amides is 3. The van der Waals surface area contributed by atoms with Crippen LogP contribution in [-0.4, -0.2) is 39.4 Å². The minimum absolute atomic E-state index is 0.0394. The number of para-hydroxylation sites is 1. The van der Waals surface area contributed by atoms with Crippen molar-refractivity contribution in [2.24, 2.45) is 0 Å². The molecule has 0 spiro atoms. The molecule has 4 rings (SSSR count). The van der Waals surface area contributed by atoms with Crippen LogP contribution in [0.3, 0.4) is 0 Å². The van der Waals surface area contributed by atoms with Crippen LogP contribution in [0.25, 0.3) is 0 Å². The maximum absolute atomic E-state index is 13.0. The van der Waals surface area contributed by atoms with Crippen molar-refractivity contribution in [1.29, 1.82) is 0 Å². The number of rotatable bonds is 7. The monoisotopic (exact) mass is 498 g/mol. The minimum atomic E-state index is -4.18. The number of hydrogen-bond acceptors (Lipinski definition) is 6. The molecule has 1 aliphatic carbocycles. The van der Waals surface area contributed by atoms with Gasteiger partial charge in [-0.1, -0.05) is 50.5 Å². The van der Waals surface area contributed by atoms with E-state index < -0.39 is 21.6 Å². The Kier molecular flexibility index (Phi) is 7.11. The number of fused-ring (bicyclic) bond motifs is 1. The number of nitrogens with one attached hydrogen (secondary N) is 3. The summed E-state index contributed by atoms with van der Waals surface area (Å²) in [6.45, 7) is 1.91. The second kappa shape index (κ2) is 10.1. The van der Waals surface area contributed by atoms with Gasteiger partial charge in [0.1, 0.15) is 11.8 Å². The Morgan fingerprint density at radius 1 is 1.14 bits per heavy atom. The van der Waals surface area contributed by atoms with Crippen LogP contribution in [0.15, 0.2) is 53.4 Å². The number of urea groups is 1. The Hall–Kier alpha value is -3.40. The minimum Gasteiger partial charge on any atom is -0.337 e. The summed E-state index contributed by atoms with van der Waals surface area (Å²) >= 11 is 0. The Bertz CT molecular complexity index is 1230. The number of sulfonamides is 1. The first-order chi connectivity index (χ1) is 16.8. The molecule has 1 aliphatic heterocycles. The van der Waals surface area contributed by atoms with E-state index in [2.05, 4.69) is 15.4 Å². The molecule has 0 saturated heterocycles. The zero-order chi connectivity index (χ0) is 25.1. The molecule has 1 heterocycles. The zero-order valence-corrected chi connectivity index (χ0v) is 20.4. The second-order valence-electron chi connectivity index (χ2n) is 8.95. The van der Waals surface area contributed by atoms with E-state index in [1.807, 2.05) is 6.92 Å². The van der Waals surface area contributed by atoms with Gasteiger partial charge >= 0.3 is 6.03 Å². The van der Waals surface area contributed by atoms with E-state index in [0.29, 0.717) is 23.2 Å². The van der Waals surface area contributed by atoms with Gasteiger partial charge in [0, 0.05) is 6.04 Å². The first-order valence-electron chi connectivity index (χ1n) is 11.9. The van der Waals surface area contributed by atoms with Crippen molar-refractivity contribution < 1.29 is 22.8 Å². The lowest BCUT2D eigenvalue weighted by molar-refractivity contribution is -0.112. The first-order valence-corrected chi connectivity index (χ1v) is 13.3. The molecular weight excluding hydrogens is 468 g/mol. The van der Waals surface area contributed by atoms with Gasteiger partial charge in [0.2, 0.25) is 0 Å². The highest BCUT2D eigenvalue weighted by molar-refractivity contribution is 7.90. The molecule has 2 aliphatic rings. The van der Waals surface area contributed by atoms with Crippen molar-refractivity contribution >= 4 is 33.9 Å². The van der Waals surface area contributed by atoms with Gasteiger partial charge in [-0.2, -0.15) is 0 Å². The van der Waals surface area contributed by atoms with Crippen LogP contribution in [0.1, 0.15) is 61.4 Å². The van der Waals surface area contributed by atoms with Gasteiger partial charge in [0.15, 0.2) is 0 Å². The van der Waals surface area contributed by atoms with Crippen LogP contribution in [-0.2, 0) is 20.4 Å². The highest BCUT2D eigenvalue weighted by atomic mass is 32.2. The molecule has 1 saturated carbocycles. The third kappa shape index (κ3) is 4.88. The fraction of sp³-hybridized carbons (Fsp3) is 0.400. The molecular formula is C25H30N4O5S. The number of aldehydes is 1. The molecule has 35 heavy (non-hydrogen) atoms. The van der Waals surface area contributed by atoms with Crippen molar-refractivity contribution in [3.63, 3.8) is 0 Å². The van der Waals surface area contributed by atoms with E-state index in [-0.39, 0.29) is 23.5 Å². The predicted molar refractivity (Wildman–Crippen MR) is 131 cm³/mol. The Labute approximate surface area is 205 Å². The molecule has 2 aromatic rings. The standard InChI is InChI=1S/C25H30N4O5S/c1-2-25(16-30,29-17-26-23(31)21-13-6-7-14-22(21)29)18-9-8-12-20(15-18)35(33,34)28-24(32)27-19-10-4-3-5-11-19/h6-9,12-16,19H,2-5,10-11,17H2,1H3,(H,26,31)(H2,27,28,32). The number of benzene rings is 2. The molecule has 186 valence electrons. The quantitative estimate of drug-likeness (QED) is 0.504. The van der Waals surface area contributed by atoms with E-state index in [1.165, 1.54) is 12.1 Å². The molecule has 0 aromatic heterocycles. The van der Waals surface area contributed by atoms with Gasteiger partial charge < -0.3 is 20.3 Å². The lowest BCUT2D eigenvalue weighted by Gasteiger charge is -2.44. The van der Waals surface area contributed by atoms with Crippen molar-refractivity contribution in [2.75, 3.05) is 11.6 Å². The van der Waals surface area contributed by atoms with Crippen molar-refractivity contribution in [3.05, 3.63) is 59.7 Å². The van der Waals surface area contributed by atoms with Crippen LogP contribution < -0.4 is 20.3 Å². The number of hydrogen-bond donors (Lipinski definition) is 3. The molecule has 3 amide bonds. The number of carbonyl (C=O) groups excluding carboxylic acids is 3. The van der Waals surface area contributed by atoms with Crippen LogP contribution in [0.4, 0.5) is 10.5 Å². The van der Waals surface area contributed by atoms with Gasteiger partial charge in [-0.3, -0.25) is 4.79 Å². The normalized spacial score (nSPS) is 18.1. The Morgan fingerprint density at radius 2 is 1.89 bits per heavy atom. The Morgan fingerprint density at radius 3 is 2.60 bits per heavy atom. The molecule has 0 radical (unpaired) electrons.